The Morgan fingerprint density at radius 2 is 1.85 bits per heavy atom. The van der Waals surface area contributed by atoms with Gasteiger partial charge in [0, 0.05) is 19.6 Å². The van der Waals surface area contributed by atoms with Crippen molar-refractivity contribution in [3.8, 4) is 0 Å². The molecule has 2 fully saturated rings. The molecule has 2 aliphatic rings. The van der Waals surface area contributed by atoms with E-state index in [9.17, 15) is 13.2 Å². The lowest BCUT2D eigenvalue weighted by Crippen LogP contribution is -2.55. The van der Waals surface area contributed by atoms with Crippen LogP contribution in [0.3, 0.4) is 0 Å². The molecule has 6 nitrogen and oxygen atoms in total. The van der Waals surface area contributed by atoms with E-state index in [4.69, 9.17) is 5.73 Å². The number of sulfonamides is 1. The fourth-order valence-electron chi connectivity index (χ4n) is 4.03. The van der Waals surface area contributed by atoms with E-state index in [1.165, 1.54) is 4.31 Å². The monoisotopic (exact) mass is 415 g/mol. The van der Waals surface area contributed by atoms with Gasteiger partial charge in [-0.15, -0.1) is 12.4 Å². The number of piperidine rings is 1. The largest absolute Gasteiger partial charge is 0.349 e. The molecule has 1 amide bonds. The number of hydrogen-bond donors (Lipinski definition) is 2. The first-order chi connectivity index (χ1) is 12.4. The van der Waals surface area contributed by atoms with Gasteiger partial charge >= 0.3 is 0 Å². The molecule has 0 spiro atoms. The second kappa shape index (κ2) is 8.90. The van der Waals surface area contributed by atoms with E-state index >= 15 is 0 Å². The van der Waals surface area contributed by atoms with Crippen LogP contribution in [0.4, 0.5) is 0 Å². The number of rotatable bonds is 5. The Hall–Kier alpha value is -1.15. The summed E-state index contributed by atoms with van der Waals surface area (Å²) in [6.07, 6.45) is 5.39. The van der Waals surface area contributed by atoms with Crippen molar-refractivity contribution < 1.29 is 13.2 Å². The molecular weight excluding hydrogens is 386 g/mol. The minimum atomic E-state index is -3.56. The molecule has 8 heteroatoms. The topological polar surface area (TPSA) is 92.5 Å². The van der Waals surface area contributed by atoms with Crippen molar-refractivity contribution in [2.75, 3.05) is 19.6 Å². The normalized spacial score (nSPS) is 22.8. The van der Waals surface area contributed by atoms with Crippen LogP contribution < -0.4 is 11.1 Å². The third-order valence-electron chi connectivity index (χ3n) is 5.75. The third kappa shape index (κ3) is 4.83. The molecule has 1 aromatic rings. The molecule has 27 heavy (non-hydrogen) atoms. The fourth-order valence-corrected chi connectivity index (χ4v) is 5.55. The average Bonchev–Trinajstić information content (AvgIpc) is 3.11. The number of halogens is 1. The zero-order chi connectivity index (χ0) is 18.8. The Kier molecular flexibility index (Phi) is 7.30. The summed E-state index contributed by atoms with van der Waals surface area (Å²) >= 11 is 0. The molecule has 152 valence electrons. The van der Waals surface area contributed by atoms with Crippen LogP contribution in [0.15, 0.2) is 29.2 Å². The molecule has 0 aromatic heterocycles. The summed E-state index contributed by atoms with van der Waals surface area (Å²) in [5.41, 5.74) is 6.63. The SMILES string of the molecule is Cc1ccc(S(=O)(=O)N2CCCC(C(=O)NC3(CN)CCCC3)C2)cc1.Cl. The average molecular weight is 416 g/mol. The second-order valence-corrected chi connectivity index (χ2v) is 9.63. The van der Waals surface area contributed by atoms with Gasteiger partial charge in [-0.3, -0.25) is 4.79 Å². The maximum atomic E-state index is 12.9. The first-order valence-electron chi connectivity index (χ1n) is 9.45. The van der Waals surface area contributed by atoms with E-state index in [0.717, 1.165) is 31.2 Å². The van der Waals surface area contributed by atoms with Crippen molar-refractivity contribution in [1.29, 1.82) is 0 Å². The van der Waals surface area contributed by atoms with Crippen LogP contribution in [0, 0.1) is 12.8 Å². The smallest absolute Gasteiger partial charge is 0.243 e. The van der Waals surface area contributed by atoms with Crippen LogP contribution in [-0.4, -0.2) is 43.8 Å². The summed E-state index contributed by atoms with van der Waals surface area (Å²) in [5, 5.41) is 3.15. The van der Waals surface area contributed by atoms with Crippen LogP contribution in [0.25, 0.3) is 0 Å². The van der Waals surface area contributed by atoms with Crippen molar-refractivity contribution in [3.63, 3.8) is 0 Å². The summed E-state index contributed by atoms with van der Waals surface area (Å²) in [4.78, 5) is 13.1. The zero-order valence-electron chi connectivity index (χ0n) is 15.8. The van der Waals surface area contributed by atoms with Crippen molar-refractivity contribution in [3.05, 3.63) is 29.8 Å². The molecular formula is C19H30ClN3O3S. The molecule has 1 saturated carbocycles. The number of nitrogens with one attached hydrogen (secondary N) is 1. The standard InChI is InChI=1S/C19H29N3O3S.ClH/c1-15-6-8-17(9-7-15)26(24,25)22-12-4-5-16(13-22)18(23)21-19(14-20)10-2-3-11-19;/h6-9,16H,2-5,10-14,20H2,1H3,(H,21,23);1H. The van der Waals surface area contributed by atoms with Crippen molar-refractivity contribution >= 4 is 28.3 Å². The van der Waals surface area contributed by atoms with Gasteiger partial charge in [0.15, 0.2) is 0 Å². The third-order valence-corrected chi connectivity index (χ3v) is 7.63. The minimum absolute atomic E-state index is 0. The first kappa shape index (κ1) is 22.1. The number of benzene rings is 1. The Labute approximate surface area is 168 Å². The molecule has 1 aromatic carbocycles. The van der Waals surface area contributed by atoms with Gasteiger partial charge in [-0.25, -0.2) is 8.42 Å². The van der Waals surface area contributed by atoms with Gasteiger partial charge in [-0.1, -0.05) is 30.5 Å². The number of nitrogens with zero attached hydrogens (tertiary/aromatic N) is 1. The Morgan fingerprint density at radius 1 is 1.22 bits per heavy atom. The zero-order valence-corrected chi connectivity index (χ0v) is 17.4. The van der Waals surface area contributed by atoms with E-state index in [1.807, 2.05) is 6.92 Å². The Balaban J connectivity index is 0.00000261. The van der Waals surface area contributed by atoms with Crippen molar-refractivity contribution in [2.45, 2.75) is 55.9 Å². The molecule has 3 N–H and O–H groups in total. The van der Waals surface area contributed by atoms with E-state index in [1.54, 1.807) is 24.3 Å². The van der Waals surface area contributed by atoms with Crippen LogP contribution in [0.2, 0.25) is 0 Å². The summed E-state index contributed by atoms with van der Waals surface area (Å²) in [6.45, 7) is 3.06. The summed E-state index contributed by atoms with van der Waals surface area (Å²) in [7, 11) is -3.56. The van der Waals surface area contributed by atoms with Gasteiger partial charge in [0.25, 0.3) is 0 Å². The number of nitrogens with two attached hydrogens (primary N) is 1. The van der Waals surface area contributed by atoms with Gasteiger partial charge in [0.2, 0.25) is 15.9 Å². The van der Waals surface area contributed by atoms with E-state index in [-0.39, 0.29) is 36.3 Å². The Morgan fingerprint density at radius 3 is 2.44 bits per heavy atom. The quantitative estimate of drug-likeness (QED) is 0.771. The van der Waals surface area contributed by atoms with Gasteiger partial charge in [0.1, 0.15) is 0 Å². The number of aryl methyl sites for hydroxylation is 1. The van der Waals surface area contributed by atoms with Gasteiger partial charge < -0.3 is 11.1 Å². The van der Waals surface area contributed by atoms with E-state index in [2.05, 4.69) is 5.32 Å². The highest BCUT2D eigenvalue weighted by Crippen LogP contribution is 2.30. The fraction of sp³-hybridized carbons (Fsp3) is 0.632. The van der Waals surface area contributed by atoms with Crippen LogP contribution in [0.5, 0.6) is 0 Å². The predicted molar refractivity (Wildman–Crippen MR) is 108 cm³/mol. The highest BCUT2D eigenvalue weighted by molar-refractivity contribution is 7.89. The maximum Gasteiger partial charge on any atom is 0.243 e. The predicted octanol–water partition coefficient (Wildman–Crippen LogP) is 2.21. The lowest BCUT2D eigenvalue weighted by molar-refractivity contribution is -0.128. The lowest BCUT2D eigenvalue weighted by atomic mass is 9.93. The minimum Gasteiger partial charge on any atom is -0.349 e. The molecule has 1 aliphatic heterocycles. The lowest BCUT2D eigenvalue weighted by Gasteiger charge is -2.35. The molecule has 1 atom stereocenters. The van der Waals surface area contributed by atoms with Crippen molar-refractivity contribution in [1.82, 2.24) is 9.62 Å². The molecule has 1 aliphatic carbocycles. The maximum absolute atomic E-state index is 12.9. The molecule has 3 rings (SSSR count). The van der Waals surface area contributed by atoms with Crippen LogP contribution in [0.1, 0.15) is 44.1 Å². The summed E-state index contributed by atoms with van der Waals surface area (Å²) in [6, 6.07) is 6.87. The van der Waals surface area contributed by atoms with Crippen LogP contribution >= 0.6 is 12.4 Å². The Bertz CT molecular complexity index is 746. The number of hydrogen-bond acceptors (Lipinski definition) is 4. The van der Waals surface area contributed by atoms with E-state index in [0.29, 0.717) is 30.8 Å². The number of carbonyl (C=O) groups excluding carboxylic acids is 1. The van der Waals surface area contributed by atoms with Gasteiger partial charge in [-0.05, 0) is 44.7 Å². The molecule has 1 unspecified atom stereocenters. The number of amides is 1. The van der Waals surface area contributed by atoms with Gasteiger partial charge in [0.05, 0.1) is 16.4 Å². The second-order valence-electron chi connectivity index (χ2n) is 7.70. The molecule has 1 heterocycles. The highest BCUT2D eigenvalue weighted by atomic mass is 35.5. The van der Waals surface area contributed by atoms with E-state index < -0.39 is 10.0 Å². The molecule has 0 bridgehead atoms. The van der Waals surface area contributed by atoms with Crippen molar-refractivity contribution in [2.24, 2.45) is 11.7 Å². The highest BCUT2D eigenvalue weighted by Gasteiger charge is 2.38. The van der Waals surface area contributed by atoms with Gasteiger partial charge in [-0.2, -0.15) is 4.31 Å². The molecule has 0 radical (unpaired) electrons. The van der Waals surface area contributed by atoms with Crippen LogP contribution in [-0.2, 0) is 14.8 Å². The summed E-state index contributed by atoms with van der Waals surface area (Å²) in [5.74, 6) is -0.367. The first-order valence-corrected chi connectivity index (χ1v) is 10.9. The number of carbonyl (C=O) groups is 1. The summed E-state index contributed by atoms with van der Waals surface area (Å²) < 4.78 is 27.3. The molecule has 1 saturated heterocycles.